The third-order valence-corrected chi connectivity index (χ3v) is 3.63. The maximum Gasteiger partial charge on any atom is 0.120 e. The van der Waals surface area contributed by atoms with Crippen LogP contribution in [0.4, 0.5) is 5.69 Å². The summed E-state index contributed by atoms with van der Waals surface area (Å²) in [6.07, 6.45) is 5.09. The molecule has 0 amide bonds. The fourth-order valence-electron chi connectivity index (χ4n) is 2.61. The second-order valence-electron chi connectivity index (χ2n) is 4.76. The van der Waals surface area contributed by atoms with Gasteiger partial charge in [-0.1, -0.05) is 18.9 Å². The van der Waals surface area contributed by atoms with Crippen molar-refractivity contribution in [2.75, 3.05) is 19.0 Å². The van der Waals surface area contributed by atoms with Crippen LogP contribution in [0.1, 0.15) is 25.7 Å². The number of anilines is 1. The molecular weight excluding hydrogens is 212 g/mol. The topological polar surface area (TPSA) is 47.3 Å². The molecule has 0 radical (unpaired) electrons. The van der Waals surface area contributed by atoms with Gasteiger partial charge in [-0.2, -0.15) is 0 Å². The molecule has 2 rings (SSSR count). The van der Waals surface area contributed by atoms with Crippen LogP contribution in [0, 0.1) is 5.92 Å². The standard InChI is InChI=1S/C14H22N2O/c1-17-13-7-4-6-12(9-13)16-14-8-3-2-5-11(14)10-15/h4,6-7,9,11,14,16H,2-3,5,8,10,15H2,1H3. The Morgan fingerprint density at radius 3 is 2.94 bits per heavy atom. The van der Waals surface area contributed by atoms with Crippen molar-refractivity contribution in [1.29, 1.82) is 0 Å². The highest BCUT2D eigenvalue weighted by Crippen LogP contribution is 2.27. The molecule has 1 aliphatic rings. The van der Waals surface area contributed by atoms with Gasteiger partial charge in [0.05, 0.1) is 7.11 Å². The van der Waals surface area contributed by atoms with Gasteiger partial charge in [-0.25, -0.2) is 0 Å². The third kappa shape index (κ3) is 3.13. The zero-order chi connectivity index (χ0) is 12.1. The van der Waals surface area contributed by atoms with Gasteiger partial charge in [0.2, 0.25) is 0 Å². The van der Waals surface area contributed by atoms with E-state index in [4.69, 9.17) is 10.5 Å². The molecule has 0 bridgehead atoms. The molecule has 0 heterocycles. The first-order valence-electron chi connectivity index (χ1n) is 6.44. The quantitative estimate of drug-likeness (QED) is 0.842. The minimum Gasteiger partial charge on any atom is -0.497 e. The summed E-state index contributed by atoms with van der Waals surface area (Å²) in [5.41, 5.74) is 6.97. The molecule has 1 aliphatic carbocycles. The maximum absolute atomic E-state index is 5.84. The molecule has 0 saturated heterocycles. The van der Waals surface area contributed by atoms with E-state index in [9.17, 15) is 0 Å². The van der Waals surface area contributed by atoms with Gasteiger partial charge in [0.25, 0.3) is 0 Å². The van der Waals surface area contributed by atoms with Crippen molar-refractivity contribution in [3.63, 3.8) is 0 Å². The number of methoxy groups -OCH3 is 1. The SMILES string of the molecule is COc1cccc(NC2CCCCC2CN)c1. The average Bonchev–Trinajstić information content (AvgIpc) is 2.39. The van der Waals surface area contributed by atoms with E-state index in [0.717, 1.165) is 18.0 Å². The first-order valence-corrected chi connectivity index (χ1v) is 6.44. The Bertz CT molecular complexity index is 354. The Morgan fingerprint density at radius 2 is 2.18 bits per heavy atom. The molecule has 1 aromatic carbocycles. The lowest BCUT2D eigenvalue weighted by Crippen LogP contribution is -2.36. The molecular formula is C14H22N2O. The molecule has 0 aliphatic heterocycles. The van der Waals surface area contributed by atoms with Crippen molar-refractivity contribution in [1.82, 2.24) is 0 Å². The smallest absolute Gasteiger partial charge is 0.120 e. The molecule has 94 valence electrons. The van der Waals surface area contributed by atoms with E-state index in [-0.39, 0.29) is 0 Å². The predicted molar refractivity (Wildman–Crippen MR) is 71.4 cm³/mol. The number of ether oxygens (including phenoxy) is 1. The van der Waals surface area contributed by atoms with Crippen LogP contribution >= 0.6 is 0 Å². The van der Waals surface area contributed by atoms with Gasteiger partial charge in [-0.15, -0.1) is 0 Å². The van der Waals surface area contributed by atoms with Gasteiger partial charge in [-0.05, 0) is 37.4 Å². The van der Waals surface area contributed by atoms with Gasteiger partial charge in [-0.3, -0.25) is 0 Å². The molecule has 1 saturated carbocycles. The summed E-state index contributed by atoms with van der Waals surface area (Å²) in [5.74, 6) is 1.50. The van der Waals surface area contributed by atoms with Crippen molar-refractivity contribution in [3.05, 3.63) is 24.3 Å². The van der Waals surface area contributed by atoms with E-state index < -0.39 is 0 Å². The van der Waals surface area contributed by atoms with Crippen LogP contribution in [-0.4, -0.2) is 19.7 Å². The van der Waals surface area contributed by atoms with Crippen LogP contribution < -0.4 is 15.8 Å². The van der Waals surface area contributed by atoms with Crippen LogP contribution in [0.2, 0.25) is 0 Å². The zero-order valence-electron chi connectivity index (χ0n) is 10.5. The molecule has 0 spiro atoms. The van der Waals surface area contributed by atoms with Gasteiger partial charge in [0, 0.05) is 17.8 Å². The second kappa shape index (κ2) is 5.92. The summed E-state index contributed by atoms with van der Waals surface area (Å²) < 4.78 is 5.23. The first-order chi connectivity index (χ1) is 8.33. The number of rotatable bonds is 4. The minimum atomic E-state index is 0.515. The monoisotopic (exact) mass is 234 g/mol. The van der Waals surface area contributed by atoms with Gasteiger partial charge >= 0.3 is 0 Å². The lowest BCUT2D eigenvalue weighted by Gasteiger charge is -2.32. The number of hydrogen-bond acceptors (Lipinski definition) is 3. The minimum absolute atomic E-state index is 0.515. The van der Waals surface area contributed by atoms with Crippen molar-refractivity contribution in [2.24, 2.45) is 11.7 Å². The lowest BCUT2D eigenvalue weighted by atomic mass is 9.84. The highest BCUT2D eigenvalue weighted by atomic mass is 16.5. The van der Waals surface area contributed by atoms with Crippen LogP contribution in [0.3, 0.4) is 0 Å². The zero-order valence-corrected chi connectivity index (χ0v) is 10.5. The molecule has 3 N–H and O–H groups in total. The van der Waals surface area contributed by atoms with Gasteiger partial charge in [0.15, 0.2) is 0 Å². The number of nitrogens with two attached hydrogens (primary N) is 1. The summed E-state index contributed by atoms with van der Waals surface area (Å²) in [5, 5.41) is 3.60. The van der Waals surface area contributed by atoms with E-state index in [1.807, 2.05) is 18.2 Å². The van der Waals surface area contributed by atoms with E-state index >= 15 is 0 Å². The van der Waals surface area contributed by atoms with E-state index in [0.29, 0.717) is 12.0 Å². The van der Waals surface area contributed by atoms with Crippen LogP contribution in [0.5, 0.6) is 5.75 Å². The fraction of sp³-hybridized carbons (Fsp3) is 0.571. The van der Waals surface area contributed by atoms with Gasteiger partial charge < -0.3 is 15.8 Å². The van der Waals surface area contributed by atoms with E-state index in [1.165, 1.54) is 25.7 Å². The predicted octanol–water partition coefficient (Wildman–Crippen LogP) is 2.62. The molecule has 3 nitrogen and oxygen atoms in total. The largest absolute Gasteiger partial charge is 0.497 e. The molecule has 17 heavy (non-hydrogen) atoms. The highest BCUT2D eigenvalue weighted by Gasteiger charge is 2.23. The normalized spacial score (nSPS) is 24.4. The molecule has 3 heteroatoms. The molecule has 1 fully saturated rings. The fourth-order valence-corrected chi connectivity index (χ4v) is 2.61. The van der Waals surface area contributed by atoms with Crippen molar-refractivity contribution < 1.29 is 4.74 Å². The Hall–Kier alpha value is -1.22. The van der Waals surface area contributed by atoms with Crippen LogP contribution in [-0.2, 0) is 0 Å². The number of benzene rings is 1. The Kier molecular flexibility index (Phi) is 4.26. The number of nitrogens with one attached hydrogen (secondary N) is 1. The number of hydrogen-bond donors (Lipinski definition) is 2. The summed E-state index contributed by atoms with van der Waals surface area (Å²) >= 11 is 0. The second-order valence-corrected chi connectivity index (χ2v) is 4.76. The molecule has 2 atom stereocenters. The van der Waals surface area contributed by atoms with Crippen LogP contribution in [0.25, 0.3) is 0 Å². The van der Waals surface area contributed by atoms with E-state index in [2.05, 4.69) is 11.4 Å². The summed E-state index contributed by atoms with van der Waals surface area (Å²) in [6, 6.07) is 8.63. The Balaban J connectivity index is 2.02. The first kappa shape index (κ1) is 12.2. The average molecular weight is 234 g/mol. The molecule has 2 unspecified atom stereocenters. The summed E-state index contributed by atoms with van der Waals surface area (Å²) in [7, 11) is 1.70. The lowest BCUT2D eigenvalue weighted by molar-refractivity contribution is 0.332. The molecule has 0 aromatic heterocycles. The summed E-state index contributed by atoms with van der Waals surface area (Å²) in [6.45, 7) is 0.779. The Morgan fingerprint density at radius 1 is 1.35 bits per heavy atom. The van der Waals surface area contributed by atoms with Crippen molar-refractivity contribution >= 4 is 5.69 Å². The van der Waals surface area contributed by atoms with Crippen molar-refractivity contribution in [2.45, 2.75) is 31.7 Å². The van der Waals surface area contributed by atoms with E-state index in [1.54, 1.807) is 7.11 Å². The molecule has 1 aromatic rings. The third-order valence-electron chi connectivity index (χ3n) is 3.63. The van der Waals surface area contributed by atoms with Crippen molar-refractivity contribution in [3.8, 4) is 5.75 Å². The van der Waals surface area contributed by atoms with Gasteiger partial charge in [0.1, 0.15) is 5.75 Å². The summed E-state index contributed by atoms with van der Waals surface area (Å²) in [4.78, 5) is 0. The Labute approximate surface area is 103 Å². The maximum atomic E-state index is 5.84. The highest BCUT2D eigenvalue weighted by molar-refractivity contribution is 5.49. The van der Waals surface area contributed by atoms with Crippen LogP contribution in [0.15, 0.2) is 24.3 Å².